The molecule has 1 spiro atoms. The first-order valence-electron chi connectivity index (χ1n) is 8.34. The van der Waals surface area contributed by atoms with Crippen LogP contribution in [0, 0.1) is 11.8 Å². The van der Waals surface area contributed by atoms with Crippen LogP contribution in [-0.4, -0.2) is 36.1 Å². The summed E-state index contributed by atoms with van der Waals surface area (Å²) in [6.45, 7) is 4.08. The average Bonchev–Trinajstić information content (AvgIpc) is 3.27. The van der Waals surface area contributed by atoms with Crippen molar-refractivity contribution in [2.24, 2.45) is 11.8 Å². The van der Waals surface area contributed by atoms with Crippen LogP contribution in [0.1, 0.15) is 57.8 Å². The van der Waals surface area contributed by atoms with Crippen molar-refractivity contribution in [2.45, 2.75) is 69.4 Å². The summed E-state index contributed by atoms with van der Waals surface area (Å²) in [6, 6.07) is 0.830. The molecular weight excluding hydrogens is 220 g/mol. The Hall–Kier alpha value is -0.0800. The largest absolute Gasteiger partial charge is 0.311 e. The van der Waals surface area contributed by atoms with E-state index in [4.69, 9.17) is 0 Å². The van der Waals surface area contributed by atoms with Crippen LogP contribution in [0.15, 0.2) is 0 Å². The normalized spacial score (nSPS) is 37.0. The number of hydrogen-bond acceptors (Lipinski definition) is 2. The van der Waals surface area contributed by atoms with Gasteiger partial charge in [-0.25, -0.2) is 0 Å². The molecule has 3 aliphatic carbocycles. The van der Waals surface area contributed by atoms with Gasteiger partial charge in [-0.2, -0.15) is 0 Å². The fourth-order valence-electron chi connectivity index (χ4n) is 4.33. The molecule has 1 atom stereocenters. The average molecular weight is 248 g/mol. The lowest BCUT2D eigenvalue weighted by molar-refractivity contribution is 0.00287. The molecule has 0 radical (unpaired) electrons. The topological polar surface area (TPSA) is 15.3 Å². The number of hydrogen-bond donors (Lipinski definition) is 1. The Morgan fingerprint density at radius 1 is 1.00 bits per heavy atom. The second kappa shape index (κ2) is 4.49. The van der Waals surface area contributed by atoms with Gasteiger partial charge in [-0.15, -0.1) is 0 Å². The summed E-state index contributed by atoms with van der Waals surface area (Å²) in [4.78, 5) is 2.95. The maximum Gasteiger partial charge on any atom is 0.0334 e. The van der Waals surface area contributed by atoms with E-state index in [1.807, 2.05) is 0 Å². The van der Waals surface area contributed by atoms with Crippen LogP contribution in [-0.2, 0) is 0 Å². The molecule has 0 aromatic rings. The van der Waals surface area contributed by atoms with Crippen molar-refractivity contribution in [1.29, 1.82) is 0 Å². The molecule has 1 heterocycles. The first-order chi connectivity index (χ1) is 8.86. The van der Waals surface area contributed by atoms with Crippen molar-refractivity contribution in [3.63, 3.8) is 0 Å². The van der Waals surface area contributed by atoms with E-state index in [-0.39, 0.29) is 0 Å². The Kier molecular flexibility index (Phi) is 2.92. The van der Waals surface area contributed by atoms with Gasteiger partial charge in [0.2, 0.25) is 0 Å². The second-order valence-corrected chi connectivity index (χ2v) is 7.46. The molecule has 4 rings (SSSR count). The van der Waals surface area contributed by atoms with Crippen molar-refractivity contribution < 1.29 is 0 Å². The minimum atomic E-state index is 0.562. The van der Waals surface area contributed by atoms with E-state index in [1.54, 1.807) is 0 Å². The summed E-state index contributed by atoms with van der Waals surface area (Å²) in [6.07, 6.45) is 13.3. The molecule has 3 saturated carbocycles. The Bertz CT molecular complexity index is 300. The van der Waals surface area contributed by atoms with Crippen molar-refractivity contribution in [2.75, 3.05) is 19.6 Å². The van der Waals surface area contributed by atoms with E-state index in [2.05, 4.69) is 10.2 Å². The first kappa shape index (κ1) is 11.7. The van der Waals surface area contributed by atoms with Gasteiger partial charge in [0.1, 0.15) is 0 Å². The lowest BCUT2D eigenvalue weighted by Gasteiger charge is -2.52. The third-order valence-corrected chi connectivity index (χ3v) is 5.93. The molecule has 102 valence electrons. The number of piperazine rings is 1. The van der Waals surface area contributed by atoms with E-state index in [9.17, 15) is 0 Å². The van der Waals surface area contributed by atoms with Gasteiger partial charge in [0.05, 0.1) is 0 Å². The molecule has 18 heavy (non-hydrogen) atoms. The number of nitrogens with one attached hydrogen (secondary N) is 1. The molecule has 1 N–H and O–H groups in total. The lowest BCUT2D eigenvalue weighted by atomic mass is 9.78. The number of nitrogens with zero attached hydrogens (tertiary/aromatic N) is 1. The van der Waals surface area contributed by atoms with Crippen LogP contribution in [0.5, 0.6) is 0 Å². The smallest absolute Gasteiger partial charge is 0.0334 e. The maximum absolute atomic E-state index is 3.92. The molecule has 2 heteroatoms. The maximum atomic E-state index is 3.92. The van der Waals surface area contributed by atoms with E-state index >= 15 is 0 Å². The summed E-state index contributed by atoms with van der Waals surface area (Å²) >= 11 is 0. The highest BCUT2D eigenvalue weighted by Gasteiger charge is 2.46. The van der Waals surface area contributed by atoms with E-state index in [0.717, 1.165) is 17.9 Å². The zero-order valence-corrected chi connectivity index (χ0v) is 11.7. The van der Waals surface area contributed by atoms with E-state index in [1.165, 1.54) is 77.4 Å². The second-order valence-electron chi connectivity index (χ2n) is 7.46. The molecule has 1 aliphatic heterocycles. The quantitative estimate of drug-likeness (QED) is 0.826. The Morgan fingerprint density at radius 3 is 2.44 bits per heavy atom. The van der Waals surface area contributed by atoms with Crippen LogP contribution in [0.25, 0.3) is 0 Å². The van der Waals surface area contributed by atoms with Crippen molar-refractivity contribution in [3.05, 3.63) is 0 Å². The van der Waals surface area contributed by atoms with Gasteiger partial charge in [0.15, 0.2) is 0 Å². The monoisotopic (exact) mass is 248 g/mol. The fraction of sp³-hybridized carbons (Fsp3) is 1.00. The molecule has 4 fully saturated rings. The summed E-state index contributed by atoms with van der Waals surface area (Å²) in [5, 5.41) is 3.92. The SMILES string of the molecule is C1CCC2(CC1)CNC(C1CC1)CN2CC1CC1. The standard InChI is InChI=1S/C16H28N2/c1-2-8-16(9-3-1)12-17-15(14-6-7-14)11-18(16)10-13-4-5-13/h13-15,17H,1-12H2. The Balaban J connectivity index is 1.48. The summed E-state index contributed by atoms with van der Waals surface area (Å²) in [5.74, 6) is 2.08. The molecular formula is C16H28N2. The van der Waals surface area contributed by atoms with Gasteiger partial charge >= 0.3 is 0 Å². The summed E-state index contributed by atoms with van der Waals surface area (Å²) < 4.78 is 0. The summed E-state index contributed by atoms with van der Waals surface area (Å²) in [7, 11) is 0. The van der Waals surface area contributed by atoms with Crippen LogP contribution in [0.2, 0.25) is 0 Å². The van der Waals surface area contributed by atoms with Gasteiger partial charge in [-0.3, -0.25) is 4.90 Å². The number of rotatable bonds is 3. The zero-order chi connectivity index (χ0) is 12.0. The molecule has 0 bridgehead atoms. The third-order valence-electron chi connectivity index (χ3n) is 5.93. The zero-order valence-electron chi connectivity index (χ0n) is 11.7. The third kappa shape index (κ3) is 2.22. The van der Waals surface area contributed by atoms with Crippen molar-refractivity contribution in [1.82, 2.24) is 10.2 Å². The van der Waals surface area contributed by atoms with Crippen LogP contribution in [0.4, 0.5) is 0 Å². The lowest BCUT2D eigenvalue weighted by Crippen LogP contribution is -2.66. The highest BCUT2D eigenvalue weighted by atomic mass is 15.3. The van der Waals surface area contributed by atoms with Gasteiger partial charge < -0.3 is 5.32 Å². The van der Waals surface area contributed by atoms with Crippen LogP contribution in [0.3, 0.4) is 0 Å². The van der Waals surface area contributed by atoms with Crippen molar-refractivity contribution in [3.8, 4) is 0 Å². The molecule has 1 unspecified atom stereocenters. The minimum Gasteiger partial charge on any atom is -0.311 e. The molecule has 0 amide bonds. The molecule has 2 nitrogen and oxygen atoms in total. The Morgan fingerprint density at radius 2 is 1.78 bits per heavy atom. The van der Waals surface area contributed by atoms with E-state index in [0.29, 0.717) is 5.54 Å². The van der Waals surface area contributed by atoms with Crippen LogP contribution >= 0.6 is 0 Å². The fourth-order valence-corrected chi connectivity index (χ4v) is 4.33. The first-order valence-corrected chi connectivity index (χ1v) is 8.34. The van der Waals surface area contributed by atoms with Gasteiger partial charge in [0.25, 0.3) is 0 Å². The Labute approximate surface area is 111 Å². The minimum absolute atomic E-state index is 0.562. The highest BCUT2D eigenvalue weighted by Crippen LogP contribution is 2.42. The summed E-state index contributed by atoms with van der Waals surface area (Å²) in [5.41, 5.74) is 0.562. The van der Waals surface area contributed by atoms with Crippen LogP contribution < -0.4 is 5.32 Å². The van der Waals surface area contributed by atoms with Gasteiger partial charge in [-0.05, 0) is 50.4 Å². The molecule has 4 aliphatic rings. The van der Waals surface area contributed by atoms with Gasteiger partial charge in [0, 0.05) is 31.2 Å². The van der Waals surface area contributed by atoms with Crippen molar-refractivity contribution >= 4 is 0 Å². The molecule has 0 aromatic heterocycles. The highest BCUT2D eigenvalue weighted by molar-refractivity contribution is 5.04. The predicted molar refractivity (Wildman–Crippen MR) is 74.6 cm³/mol. The predicted octanol–water partition coefficient (Wildman–Crippen LogP) is 2.78. The molecule has 1 saturated heterocycles. The van der Waals surface area contributed by atoms with E-state index < -0.39 is 0 Å². The molecule has 0 aromatic carbocycles. The van der Waals surface area contributed by atoms with Gasteiger partial charge in [-0.1, -0.05) is 19.3 Å².